The molecule has 0 spiro atoms. The molecule has 2 unspecified atom stereocenters. The molecule has 4 heterocycles. The van der Waals surface area contributed by atoms with Crippen molar-refractivity contribution in [2.24, 2.45) is 5.73 Å². The van der Waals surface area contributed by atoms with E-state index in [0.29, 0.717) is 22.2 Å². The number of nitrogens with zero attached hydrogens (tertiary/aromatic N) is 3. The van der Waals surface area contributed by atoms with Crippen LogP contribution in [0.25, 0.3) is 0 Å². The first-order valence-corrected chi connectivity index (χ1v) is 9.92. The highest BCUT2D eigenvalue weighted by atomic mass is 35.5. The van der Waals surface area contributed by atoms with Gasteiger partial charge in [-0.2, -0.15) is 0 Å². The number of thiophene rings is 1. The second-order valence-corrected chi connectivity index (χ2v) is 7.80. The van der Waals surface area contributed by atoms with Crippen LogP contribution in [0.2, 0.25) is 5.15 Å². The number of primary amides is 1. The Labute approximate surface area is 175 Å². The monoisotopic (exact) mass is 429 g/mol. The Morgan fingerprint density at radius 1 is 1.31 bits per heavy atom. The second kappa shape index (κ2) is 7.69. The van der Waals surface area contributed by atoms with Gasteiger partial charge in [0.2, 0.25) is 5.91 Å². The van der Waals surface area contributed by atoms with Crippen LogP contribution in [-0.4, -0.2) is 27.0 Å². The first kappa shape index (κ1) is 19.2. The number of aromatic carboxylic acids is 1. The van der Waals surface area contributed by atoms with Crippen LogP contribution in [0, 0.1) is 0 Å². The third-order valence-corrected chi connectivity index (χ3v) is 5.79. The number of aromatic nitrogens is 2. The molecular formula is C19H16ClN5O3S. The standard InChI is InChI=1S/C19H16ClN5O3S/c20-14-4-3-10(9-23-14)12(8-15(21)26)25-16-11(19(27)28)5-6-22-17(16)24-18(25)13-2-1-7-29-13/h1-7,9,12,18H,8H2,(H2,21,26)(H,22,24)(H,27,28). The number of carbonyl (C=O) groups excluding carboxylic acids is 1. The fourth-order valence-electron chi connectivity index (χ4n) is 3.46. The number of anilines is 2. The number of nitrogens with two attached hydrogens (primary N) is 1. The average molecular weight is 430 g/mol. The summed E-state index contributed by atoms with van der Waals surface area (Å²) in [4.78, 5) is 35.1. The number of amides is 1. The van der Waals surface area contributed by atoms with Crippen molar-refractivity contribution in [2.45, 2.75) is 18.6 Å². The van der Waals surface area contributed by atoms with Crippen LogP contribution in [0.1, 0.15) is 39.4 Å². The van der Waals surface area contributed by atoms with Gasteiger partial charge in [-0.05, 0) is 29.1 Å². The van der Waals surface area contributed by atoms with Gasteiger partial charge in [0.25, 0.3) is 0 Å². The van der Waals surface area contributed by atoms with Crippen molar-refractivity contribution in [2.75, 3.05) is 10.2 Å². The van der Waals surface area contributed by atoms with Crippen molar-refractivity contribution in [3.63, 3.8) is 0 Å². The zero-order chi connectivity index (χ0) is 20.5. The molecule has 29 heavy (non-hydrogen) atoms. The Hall–Kier alpha value is -3.17. The highest BCUT2D eigenvalue weighted by Crippen LogP contribution is 2.48. The van der Waals surface area contributed by atoms with Gasteiger partial charge in [-0.25, -0.2) is 14.8 Å². The fraction of sp³-hybridized carbons (Fsp3) is 0.158. The minimum Gasteiger partial charge on any atom is -0.478 e. The smallest absolute Gasteiger partial charge is 0.338 e. The van der Waals surface area contributed by atoms with Crippen LogP contribution in [0.5, 0.6) is 0 Å². The van der Waals surface area contributed by atoms with E-state index < -0.39 is 24.1 Å². The zero-order valence-electron chi connectivity index (χ0n) is 14.9. The van der Waals surface area contributed by atoms with Crippen molar-refractivity contribution in [3.8, 4) is 0 Å². The molecule has 0 saturated carbocycles. The lowest BCUT2D eigenvalue weighted by Gasteiger charge is -2.34. The highest BCUT2D eigenvalue weighted by molar-refractivity contribution is 7.10. The molecule has 8 nitrogen and oxygen atoms in total. The molecule has 10 heteroatoms. The van der Waals surface area contributed by atoms with Gasteiger partial charge in [-0.3, -0.25) is 4.79 Å². The number of carboxylic acids is 1. The van der Waals surface area contributed by atoms with E-state index in [-0.39, 0.29) is 12.0 Å². The Balaban J connectivity index is 1.91. The van der Waals surface area contributed by atoms with Crippen LogP contribution >= 0.6 is 22.9 Å². The van der Waals surface area contributed by atoms with E-state index in [1.54, 1.807) is 18.3 Å². The van der Waals surface area contributed by atoms with E-state index in [1.807, 2.05) is 22.4 Å². The number of hydrogen-bond acceptors (Lipinski definition) is 7. The van der Waals surface area contributed by atoms with Gasteiger partial charge in [0.1, 0.15) is 11.3 Å². The summed E-state index contributed by atoms with van der Waals surface area (Å²) in [6.07, 6.45) is 2.55. The predicted octanol–water partition coefficient (Wildman–Crippen LogP) is 3.44. The van der Waals surface area contributed by atoms with Crippen molar-refractivity contribution in [1.29, 1.82) is 0 Å². The molecule has 0 fully saturated rings. The van der Waals surface area contributed by atoms with E-state index >= 15 is 0 Å². The number of rotatable bonds is 6. The molecule has 3 aromatic heterocycles. The maximum atomic E-state index is 11.9. The number of halogens is 1. The topological polar surface area (TPSA) is 121 Å². The maximum Gasteiger partial charge on any atom is 0.338 e. The summed E-state index contributed by atoms with van der Waals surface area (Å²) in [6.45, 7) is 0. The minimum atomic E-state index is -1.09. The molecule has 0 aromatic carbocycles. The van der Waals surface area contributed by atoms with E-state index in [4.69, 9.17) is 17.3 Å². The molecular weight excluding hydrogens is 414 g/mol. The molecule has 1 aliphatic rings. The van der Waals surface area contributed by atoms with Gasteiger partial charge < -0.3 is 21.1 Å². The SMILES string of the molecule is NC(=O)CC(c1ccc(Cl)nc1)N1c2c(C(=O)O)ccnc2NC1c1cccs1. The summed E-state index contributed by atoms with van der Waals surface area (Å²) in [5.74, 6) is -1.18. The minimum absolute atomic E-state index is 0.0414. The third-order valence-electron chi connectivity index (χ3n) is 4.64. The molecule has 3 aromatic rings. The maximum absolute atomic E-state index is 11.9. The summed E-state index contributed by atoms with van der Waals surface area (Å²) in [5.41, 5.74) is 6.72. The fourth-order valence-corrected chi connectivity index (χ4v) is 4.35. The second-order valence-electron chi connectivity index (χ2n) is 6.43. The lowest BCUT2D eigenvalue weighted by molar-refractivity contribution is -0.118. The number of pyridine rings is 2. The van der Waals surface area contributed by atoms with E-state index in [2.05, 4.69) is 15.3 Å². The van der Waals surface area contributed by atoms with Crippen molar-refractivity contribution in [1.82, 2.24) is 9.97 Å². The molecule has 0 radical (unpaired) electrons. The van der Waals surface area contributed by atoms with Crippen LogP contribution in [0.3, 0.4) is 0 Å². The number of carboxylic acid groups (broad SMARTS) is 1. The molecule has 4 N–H and O–H groups in total. The molecule has 4 rings (SSSR count). The van der Waals surface area contributed by atoms with Crippen LogP contribution < -0.4 is 16.0 Å². The molecule has 0 saturated heterocycles. The van der Waals surface area contributed by atoms with Crippen molar-refractivity contribution in [3.05, 3.63) is 69.3 Å². The Bertz CT molecular complexity index is 1060. The first-order chi connectivity index (χ1) is 14.0. The summed E-state index contributed by atoms with van der Waals surface area (Å²) >= 11 is 7.44. The summed E-state index contributed by atoms with van der Waals surface area (Å²) in [7, 11) is 0. The van der Waals surface area contributed by atoms with Gasteiger partial charge >= 0.3 is 5.97 Å². The Kier molecular flexibility index (Phi) is 5.08. The van der Waals surface area contributed by atoms with Gasteiger partial charge in [0.15, 0.2) is 5.82 Å². The zero-order valence-corrected chi connectivity index (χ0v) is 16.5. The Morgan fingerprint density at radius 2 is 2.14 bits per heavy atom. The third kappa shape index (κ3) is 3.62. The van der Waals surface area contributed by atoms with Gasteiger partial charge in [0.05, 0.1) is 23.7 Å². The van der Waals surface area contributed by atoms with Crippen LogP contribution in [0.4, 0.5) is 11.5 Å². The number of hydrogen-bond donors (Lipinski definition) is 3. The lowest BCUT2D eigenvalue weighted by atomic mass is 10.0. The normalized spacial score (nSPS) is 16.2. The number of fused-ring (bicyclic) bond motifs is 1. The lowest BCUT2D eigenvalue weighted by Crippen LogP contribution is -2.35. The van der Waals surface area contributed by atoms with E-state index in [9.17, 15) is 14.7 Å². The van der Waals surface area contributed by atoms with Crippen molar-refractivity contribution < 1.29 is 14.7 Å². The molecule has 0 aliphatic carbocycles. The van der Waals surface area contributed by atoms with E-state index in [0.717, 1.165) is 4.88 Å². The molecule has 2 atom stereocenters. The quantitative estimate of drug-likeness (QED) is 0.513. The first-order valence-electron chi connectivity index (χ1n) is 8.66. The average Bonchev–Trinajstić information content (AvgIpc) is 3.34. The predicted molar refractivity (Wildman–Crippen MR) is 110 cm³/mol. The highest BCUT2D eigenvalue weighted by Gasteiger charge is 2.40. The van der Waals surface area contributed by atoms with Gasteiger partial charge in [-0.15, -0.1) is 11.3 Å². The largest absolute Gasteiger partial charge is 0.478 e. The van der Waals surface area contributed by atoms with E-state index in [1.165, 1.54) is 23.6 Å². The summed E-state index contributed by atoms with van der Waals surface area (Å²) < 4.78 is 0. The number of carbonyl (C=O) groups is 2. The molecule has 0 bridgehead atoms. The van der Waals surface area contributed by atoms with Crippen LogP contribution in [-0.2, 0) is 4.79 Å². The molecule has 148 valence electrons. The number of nitrogens with one attached hydrogen (secondary N) is 1. The molecule has 1 amide bonds. The summed E-state index contributed by atoms with van der Waals surface area (Å²) in [6, 6.07) is 8.08. The van der Waals surface area contributed by atoms with Gasteiger partial charge in [0, 0.05) is 17.3 Å². The van der Waals surface area contributed by atoms with Crippen molar-refractivity contribution >= 4 is 46.3 Å². The molecule has 1 aliphatic heterocycles. The summed E-state index contributed by atoms with van der Waals surface area (Å²) in [5, 5.41) is 15.3. The van der Waals surface area contributed by atoms with Gasteiger partial charge in [-0.1, -0.05) is 23.7 Å². The van der Waals surface area contributed by atoms with Crippen LogP contribution in [0.15, 0.2) is 48.1 Å². The Morgan fingerprint density at radius 3 is 2.76 bits per heavy atom.